The molecule has 206 valence electrons. The number of hydrogen-bond donors (Lipinski definition) is 1. The number of carbonyl (C=O) groups is 1. The van der Waals surface area contributed by atoms with Crippen LogP contribution in [0.25, 0.3) is 10.9 Å². The smallest absolute Gasteiger partial charge is 0.159 e. The topological polar surface area (TPSA) is 67.3 Å². The molecule has 1 saturated heterocycles. The van der Waals surface area contributed by atoms with Crippen molar-refractivity contribution in [2.24, 2.45) is 17.8 Å². The lowest BCUT2D eigenvalue weighted by molar-refractivity contribution is -0.114. The number of anilines is 2. The molecule has 1 saturated carbocycles. The molecule has 1 N–H and O–H groups in total. The van der Waals surface area contributed by atoms with Crippen molar-refractivity contribution in [3.63, 3.8) is 0 Å². The molecule has 2 heterocycles. The standard InChI is InChI=1S/C33H28ClFN4O2/c1-3-25(40)12-22-13-27-31(14-21(22)7-9-26-28-16-39(2)17-29(26)28)36-19-37-33(27)38-24-8-10-32(30(34)15-24)41-18-20-5-4-6-23(35)11-20/h3-6,8,10-11,13-15,19,26,28-29H,1,12,16-18H2,2H3,(H,36,37,38)/t26?,28-,29+. The predicted molar refractivity (Wildman–Crippen MR) is 159 cm³/mol. The van der Waals surface area contributed by atoms with Gasteiger partial charge < -0.3 is 15.0 Å². The number of likely N-dealkylation sites (tertiary alicyclic amines) is 1. The highest BCUT2D eigenvalue weighted by molar-refractivity contribution is 6.32. The average molecular weight is 567 g/mol. The fourth-order valence-corrected chi connectivity index (χ4v) is 5.74. The van der Waals surface area contributed by atoms with Crippen molar-refractivity contribution in [2.75, 3.05) is 25.5 Å². The number of hydrogen-bond acceptors (Lipinski definition) is 6. The van der Waals surface area contributed by atoms with E-state index in [4.69, 9.17) is 16.3 Å². The van der Waals surface area contributed by atoms with E-state index in [-0.39, 0.29) is 24.6 Å². The Hall–Kier alpha value is -4.25. The Labute approximate surface area is 243 Å². The lowest BCUT2D eigenvalue weighted by Gasteiger charge is -2.13. The molecule has 1 unspecified atom stereocenters. The van der Waals surface area contributed by atoms with Gasteiger partial charge in [0.05, 0.1) is 10.5 Å². The number of nitrogens with one attached hydrogen (secondary N) is 1. The van der Waals surface area contributed by atoms with E-state index < -0.39 is 0 Å². The molecule has 6 rings (SSSR count). The third kappa shape index (κ3) is 5.95. The van der Waals surface area contributed by atoms with Crippen LogP contribution in [0.2, 0.25) is 5.02 Å². The largest absolute Gasteiger partial charge is 0.487 e. The van der Waals surface area contributed by atoms with Crippen LogP contribution in [0.15, 0.2) is 73.6 Å². The SMILES string of the molecule is C=CC(=O)Cc1cc2c(Nc3ccc(OCc4cccc(F)c4)c(Cl)c3)ncnc2cc1C#CC1[C@H]2CN(C)C[C@@H]12. The van der Waals surface area contributed by atoms with Crippen molar-refractivity contribution in [1.82, 2.24) is 14.9 Å². The van der Waals surface area contributed by atoms with Gasteiger partial charge in [0.2, 0.25) is 0 Å². The van der Waals surface area contributed by atoms with E-state index >= 15 is 0 Å². The second-order valence-corrected chi connectivity index (χ2v) is 11.0. The number of nitrogens with zero attached hydrogens (tertiary/aromatic N) is 3. The first-order valence-corrected chi connectivity index (χ1v) is 13.8. The van der Waals surface area contributed by atoms with Gasteiger partial charge in [-0.25, -0.2) is 14.4 Å². The normalized spacial score (nSPS) is 19.2. The van der Waals surface area contributed by atoms with Gasteiger partial charge >= 0.3 is 0 Å². The van der Waals surface area contributed by atoms with Crippen LogP contribution < -0.4 is 10.1 Å². The zero-order chi connectivity index (χ0) is 28.5. The summed E-state index contributed by atoms with van der Waals surface area (Å²) in [6.45, 7) is 6.01. The molecule has 41 heavy (non-hydrogen) atoms. The van der Waals surface area contributed by atoms with Crippen LogP contribution in [0, 0.1) is 35.4 Å². The summed E-state index contributed by atoms with van der Waals surface area (Å²) in [6.07, 6.45) is 3.03. The van der Waals surface area contributed by atoms with E-state index in [0.29, 0.717) is 45.6 Å². The Kier molecular flexibility index (Phi) is 7.44. The second kappa shape index (κ2) is 11.3. The number of aromatic nitrogens is 2. The van der Waals surface area contributed by atoms with Crippen molar-refractivity contribution < 1.29 is 13.9 Å². The highest BCUT2D eigenvalue weighted by Gasteiger charge is 2.53. The molecule has 0 radical (unpaired) electrons. The van der Waals surface area contributed by atoms with Gasteiger partial charge in [0, 0.05) is 42.1 Å². The minimum atomic E-state index is -0.316. The molecule has 3 aromatic carbocycles. The summed E-state index contributed by atoms with van der Waals surface area (Å²) < 4.78 is 19.3. The Morgan fingerprint density at radius 3 is 2.78 bits per heavy atom. The van der Waals surface area contributed by atoms with Gasteiger partial charge in [-0.05, 0) is 78.6 Å². The summed E-state index contributed by atoms with van der Waals surface area (Å²) in [5.74, 6) is 9.19. The summed E-state index contributed by atoms with van der Waals surface area (Å²) in [4.78, 5) is 23.7. The van der Waals surface area contributed by atoms with E-state index in [2.05, 4.69) is 45.7 Å². The van der Waals surface area contributed by atoms with Crippen molar-refractivity contribution in [1.29, 1.82) is 0 Å². The Morgan fingerprint density at radius 1 is 1.20 bits per heavy atom. The highest BCUT2D eigenvalue weighted by atomic mass is 35.5. The molecule has 2 aliphatic rings. The van der Waals surface area contributed by atoms with Crippen molar-refractivity contribution >= 4 is 39.8 Å². The first-order valence-electron chi connectivity index (χ1n) is 13.4. The van der Waals surface area contributed by atoms with Gasteiger partial charge in [-0.2, -0.15) is 0 Å². The van der Waals surface area contributed by atoms with Crippen LogP contribution in [0.3, 0.4) is 0 Å². The van der Waals surface area contributed by atoms with Crippen LogP contribution in [-0.4, -0.2) is 40.8 Å². The summed E-state index contributed by atoms with van der Waals surface area (Å²) in [5.41, 5.74) is 3.75. The number of piperidine rings is 1. The summed E-state index contributed by atoms with van der Waals surface area (Å²) >= 11 is 6.50. The summed E-state index contributed by atoms with van der Waals surface area (Å²) in [5, 5.41) is 4.48. The fourth-order valence-electron chi connectivity index (χ4n) is 5.50. The molecule has 4 aromatic rings. The third-order valence-electron chi connectivity index (χ3n) is 7.68. The maximum absolute atomic E-state index is 13.5. The van der Waals surface area contributed by atoms with Crippen molar-refractivity contribution in [2.45, 2.75) is 13.0 Å². The molecule has 3 atom stereocenters. The quantitative estimate of drug-likeness (QED) is 0.202. The molecule has 6 nitrogen and oxygen atoms in total. The molecular weight excluding hydrogens is 539 g/mol. The second-order valence-electron chi connectivity index (χ2n) is 10.6. The highest BCUT2D eigenvalue weighted by Crippen LogP contribution is 2.50. The zero-order valence-corrected chi connectivity index (χ0v) is 23.3. The summed E-state index contributed by atoms with van der Waals surface area (Å²) in [6, 6.07) is 15.4. The monoisotopic (exact) mass is 566 g/mol. The molecule has 0 spiro atoms. The van der Waals surface area contributed by atoms with Gasteiger partial charge in [-0.1, -0.05) is 42.2 Å². The maximum atomic E-state index is 13.5. The molecule has 8 heteroatoms. The maximum Gasteiger partial charge on any atom is 0.159 e. The van der Waals surface area contributed by atoms with Crippen LogP contribution >= 0.6 is 11.6 Å². The van der Waals surface area contributed by atoms with E-state index in [0.717, 1.165) is 35.1 Å². The lowest BCUT2D eigenvalue weighted by Crippen LogP contribution is -2.18. The molecule has 1 aliphatic carbocycles. The Balaban J connectivity index is 1.24. The molecule has 1 aromatic heterocycles. The number of allylic oxidation sites excluding steroid dienone is 1. The average Bonchev–Trinajstić information content (AvgIpc) is 3.42. The molecule has 2 fully saturated rings. The number of carbonyl (C=O) groups excluding carboxylic acids is 1. The number of rotatable bonds is 8. The van der Waals surface area contributed by atoms with Crippen LogP contribution in [-0.2, 0) is 17.8 Å². The molecule has 0 amide bonds. The van der Waals surface area contributed by atoms with Gasteiger partial charge in [0.25, 0.3) is 0 Å². The van der Waals surface area contributed by atoms with E-state index in [9.17, 15) is 9.18 Å². The van der Waals surface area contributed by atoms with Crippen molar-refractivity contribution in [3.05, 3.63) is 101 Å². The number of ether oxygens (including phenoxy) is 1. The van der Waals surface area contributed by atoms with E-state index in [1.165, 1.54) is 24.5 Å². The minimum absolute atomic E-state index is 0.0794. The fraction of sp³-hybridized carbons (Fsp3) is 0.242. The first-order chi connectivity index (χ1) is 19.9. The van der Waals surface area contributed by atoms with Gasteiger partial charge in [0.15, 0.2) is 5.78 Å². The Morgan fingerprint density at radius 2 is 2.02 bits per heavy atom. The number of fused-ring (bicyclic) bond motifs is 2. The first kappa shape index (κ1) is 26.9. The minimum Gasteiger partial charge on any atom is -0.487 e. The van der Waals surface area contributed by atoms with Crippen molar-refractivity contribution in [3.8, 4) is 17.6 Å². The van der Waals surface area contributed by atoms with E-state index in [1.807, 2.05) is 18.2 Å². The Bertz CT molecular complexity index is 1720. The molecule has 0 bridgehead atoms. The van der Waals surface area contributed by atoms with Crippen LogP contribution in [0.1, 0.15) is 16.7 Å². The third-order valence-corrected chi connectivity index (χ3v) is 7.98. The zero-order valence-electron chi connectivity index (χ0n) is 22.5. The number of benzene rings is 3. The van der Waals surface area contributed by atoms with Gasteiger partial charge in [0.1, 0.15) is 30.3 Å². The van der Waals surface area contributed by atoms with Gasteiger partial charge in [-0.15, -0.1) is 0 Å². The lowest BCUT2D eigenvalue weighted by atomic mass is 9.99. The molecule has 1 aliphatic heterocycles. The van der Waals surface area contributed by atoms with Gasteiger partial charge in [-0.3, -0.25) is 4.79 Å². The predicted octanol–water partition coefficient (Wildman–Crippen LogP) is 6.20. The van der Waals surface area contributed by atoms with Crippen LogP contribution in [0.4, 0.5) is 15.9 Å². The van der Waals surface area contributed by atoms with E-state index in [1.54, 1.807) is 24.3 Å². The molecular formula is C33H28ClFN4O2. The number of halogens is 2. The summed E-state index contributed by atoms with van der Waals surface area (Å²) in [7, 11) is 2.15. The van der Waals surface area contributed by atoms with Crippen LogP contribution in [0.5, 0.6) is 5.75 Å². The number of ketones is 1.